The third-order valence-corrected chi connectivity index (χ3v) is 3.87. The quantitative estimate of drug-likeness (QED) is 0.852. The first-order valence-electron chi connectivity index (χ1n) is 5.64. The van der Waals surface area contributed by atoms with Gasteiger partial charge in [0.05, 0.1) is 15.6 Å². The van der Waals surface area contributed by atoms with E-state index in [1.54, 1.807) is 0 Å². The van der Waals surface area contributed by atoms with E-state index in [9.17, 15) is 9.18 Å². The first-order chi connectivity index (χ1) is 9.08. The summed E-state index contributed by atoms with van der Waals surface area (Å²) in [5.41, 5.74) is 5.55. The molecule has 0 unspecified atom stereocenters. The van der Waals surface area contributed by atoms with Crippen LogP contribution >= 0.6 is 22.9 Å². The number of para-hydroxylation sites is 1. The molecule has 0 aliphatic heterocycles. The van der Waals surface area contributed by atoms with Crippen molar-refractivity contribution in [2.75, 3.05) is 12.3 Å². The molecule has 2 aromatic rings. The molecule has 0 radical (unpaired) electrons. The van der Waals surface area contributed by atoms with E-state index in [1.165, 1.54) is 29.5 Å². The van der Waals surface area contributed by atoms with Crippen LogP contribution < -0.4 is 11.1 Å². The van der Waals surface area contributed by atoms with Gasteiger partial charge in [0, 0.05) is 11.4 Å². The molecular formula is C13H12ClFN2OS. The molecule has 2 rings (SSSR count). The number of halogens is 2. The highest BCUT2D eigenvalue weighted by Gasteiger charge is 2.11. The maximum atomic E-state index is 13.2. The second-order valence-electron chi connectivity index (χ2n) is 3.91. The van der Waals surface area contributed by atoms with Crippen molar-refractivity contribution in [1.82, 2.24) is 5.32 Å². The standard InChI is InChI=1S/C13H12ClFN2OS/c14-11-5-4-8(19-11)6-7-17-13(18)9-2-1-3-10(15)12(9)16/h1-5H,6-7,16H2,(H,17,18). The zero-order valence-corrected chi connectivity index (χ0v) is 11.5. The normalized spacial score (nSPS) is 10.4. The average Bonchev–Trinajstić information content (AvgIpc) is 2.78. The molecule has 0 aliphatic carbocycles. The molecule has 6 heteroatoms. The molecule has 19 heavy (non-hydrogen) atoms. The summed E-state index contributed by atoms with van der Waals surface area (Å²) in [6, 6.07) is 7.90. The van der Waals surface area contributed by atoms with Gasteiger partial charge in [0.2, 0.25) is 0 Å². The van der Waals surface area contributed by atoms with E-state index < -0.39 is 5.82 Å². The minimum Gasteiger partial charge on any atom is -0.396 e. The van der Waals surface area contributed by atoms with E-state index in [-0.39, 0.29) is 17.2 Å². The van der Waals surface area contributed by atoms with E-state index in [0.717, 1.165) is 9.21 Å². The second kappa shape index (κ2) is 6.04. The number of amides is 1. The van der Waals surface area contributed by atoms with Crippen LogP contribution in [0.25, 0.3) is 0 Å². The molecule has 1 heterocycles. The summed E-state index contributed by atoms with van der Waals surface area (Å²) < 4.78 is 13.9. The number of anilines is 1. The van der Waals surface area contributed by atoms with Gasteiger partial charge >= 0.3 is 0 Å². The minimum atomic E-state index is -0.585. The lowest BCUT2D eigenvalue weighted by molar-refractivity contribution is 0.0954. The number of hydrogen-bond acceptors (Lipinski definition) is 3. The highest BCUT2D eigenvalue weighted by molar-refractivity contribution is 7.16. The number of thiophene rings is 1. The summed E-state index contributed by atoms with van der Waals surface area (Å²) in [4.78, 5) is 12.9. The number of benzene rings is 1. The van der Waals surface area contributed by atoms with Crippen molar-refractivity contribution < 1.29 is 9.18 Å². The van der Waals surface area contributed by atoms with Crippen molar-refractivity contribution in [3.63, 3.8) is 0 Å². The number of hydrogen-bond donors (Lipinski definition) is 2. The summed E-state index contributed by atoms with van der Waals surface area (Å²) in [6.45, 7) is 0.450. The zero-order valence-electron chi connectivity index (χ0n) is 9.95. The van der Waals surface area contributed by atoms with Crippen LogP contribution in [-0.2, 0) is 6.42 Å². The Morgan fingerprint density at radius 2 is 2.16 bits per heavy atom. The second-order valence-corrected chi connectivity index (χ2v) is 5.71. The summed E-state index contributed by atoms with van der Waals surface area (Å²) in [5, 5.41) is 2.70. The van der Waals surface area contributed by atoms with Gasteiger partial charge in [-0.25, -0.2) is 4.39 Å². The van der Waals surface area contributed by atoms with Crippen LogP contribution in [0.5, 0.6) is 0 Å². The van der Waals surface area contributed by atoms with Crippen molar-refractivity contribution in [3.8, 4) is 0 Å². The molecule has 3 N–H and O–H groups in total. The van der Waals surface area contributed by atoms with Crippen molar-refractivity contribution in [1.29, 1.82) is 0 Å². The fourth-order valence-electron chi connectivity index (χ4n) is 1.62. The van der Waals surface area contributed by atoms with Crippen molar-refractivity contribution >= 4 is 34.5 Å². The monoisotopic (exact) mass is 298 g/mol. The molecule has 0 aliphatic rings. The Kier molecular flexibility index (Phi) is 4.39. The molecule has 0 bridgehead atoms. The summed E-state index contributed by atoms with van der Waals surface area (Å²) in [6.07, 6.45) is 0.679. The van der Waals surface area contributed by atoms with Gasteiger partial charge in [0.15, 0.2) is 0 Å². The first-order valence-corrected chi connectivity index (χ1v) is 6.84. The number of nitrogens with one attached hydrogen (secondary N) is 1. The lowest BCUT2D eigenvalue weighted by atomic mass is 10.1. The van der Waals surface area contributed by atoms with Gasteiger partial charge in [-0.3, -0.25) is 4.79 Å². The Morgan fingerprint density at radius 1 is 1.37 bits per heavy atom. The van der Waals surface area contributed by atoms with Crippen LogP contribution in [-0.4, -0.2) is 12.5 Å². The third-order valence-electron chi connectivity index (χ3n) is 2.58. The van der Waals surface area contributed by atoms with Crippen LogP contribution in [0.15, 0.2) is 30.3 Å². The predicted octanol–water partition coefficient (Wildman–Crippen LogP) is 3.10. The van der Waals surface area contributed by atoms with Gasteiger partial charge in [-0.2, -0.15) is 0 Å². The maximum Gasteiger partial charge on any atom is 0.253 e. The minimum absolute atomic E-state index is 0.126. The van der Waals surface area contributed by atoms with Gasteiger partial charge in [-0.05, 0) is 30.7 Å². The van der Waals surface area contributed by atoms with Crippen LogP contribution in [0.2, 0.25) is 4.34 Å². The highest BCUT2D eigenvalue weighted by atomic mass is 35.5. The number of rotatable bonds is 4. The Morgan fingerprint density at radius 3 is 2.84 bits per heavy atom. The molecular weight excluding hydrogens is 287 g/mol. The Bertz CT molecular complexity index is 600. The largest absolute Gasteiger partial charge is 0.396 e. The molecule has 1 aromatic carbocycles. The van der Waals surface area contributed by atoms with E-state index >= 15 is 0 Å². The van der Waals surface area contributed by atoms with Gasteiger partial charge in [-0.15, -0.1) is 11.3 Å². The molecule has 0 atom stereocenters. The molecule has 1 aromatic heterocycles. The van der Waals surface area contributed by atoms with Gasteiger partial charge < -0.3 is 11.1 Å². The highest BCUT2D eigenvalue weighted by Crippen LogP contribution is 2.21. The van der Waals surface area contributed by atoms with E-state index in [4.69, 9.17) is 17.3 Å². The summed E-state index contributed by atoms with van der Waals surface area (Å²) in [5.74, 6) is -0.961. The third kappa shape index (κ3) is 3.45. The molecule has 3 nitrogen and oxygen atoms in total. The Labute approximate surface area is 119 Å². The number of carbonyl (C=O) groups excluding carboxylic acids is 1. The SMILES string of the molecule is Nc1c(F)cccc1C(=O)NCCc1ccc(Cl)s1. The molecule has 0 saturated heterocycles. The Balaban J connectivity index is 1.93. The fourth-order valence-corrected chi connectivity index (χ4v) is 2.70. The lowest BCUT2D eigenvalue weighted by Gasteiger charge is -2.07. The van der Waals surface area contributed by atoms with E-state index in [0.29, 0.717) is 13.0 Å². The van der Waals surface area contributed by atoms with Crippen LogP contribution in [0, 0.1) is 5.82 Å². The molecule has 0 fully saturated rings. The summed E-state index contributed by atoms with van der Waals surface area (Å²) in [7, 11) is 0. The van der Waals surface area contributed by atoms with Gasteiger partial charge in [0.1, 0.15) is 5.82 Å². The average molecular weight is 299 g/mol. The van der Waals surface area contributed by atoms with Crippen LogP contribution in [0.4, 0.5) is 10.1 Å². The number of nitrogens with two attached hydrogens (primary N) is 1. The fraction of sp³-hybridized carbons (Fsp3) is 0.154. The summed E-state index contributed by atoms with van der Waals surface area (Å²) >= 11 is 7.28. The zero-order chi connectivity index (χ0) is 13.8. The topological polar surface area (TPSA) is 55.1 Å². The molecule has 1 amide bonds. The van der Waals surface area contributed by atoms with Crippen LogP contribution in [0.3, 0.4) is 0 Å². The molecule has 0 spiro atoms. The molecule has 100 valence electrons. The van der Waals surface area contributed by atoms with E-state index in [1.807, 2.05) is 12.1 Å². The first kappa shape index (κ1) is 13.8. The number of nitrogen functional groups attached to an aromatic ring is 1. The number of carbonyl (C=O) groups is 1. The Hall–Kier alpha value is -1.59. The molecule has 0 saturated carbocycles. The van der Waals surface area contributed by atoms with Gasteiger partial charge in [-0.1, -0.05) is 17.7 Å². The van der Waals surface area contributed by atoms with Crippen LogP contribution in [0.1, 0.15) is 15.2 Å². The maximum absolute atomic E-state index is 13.2. The smallest absolute Gasteiger partial charge is 0.253 e. The van der Waals surface area contributed by atoms with Crippen molar-refractivity contribution in [3.05, 3.63) is 50.9 Å². The van der Waals surface area contributed by atoms with E-state index in [2.05, 4.69) is 5.32 Å². The predicted molar refractivity (Wildman–Crippen MR) is 76.2 cm³/mol. The van der Waals surface area contributed by atoms with Crippen molar-refractivity contribution in [2.45, 2.75) is 6.42 Å². The lowest BCUT2D eigenvalue weighted by Crippen LogP contribution is -2.26. The van der Waals surface area contributed by atoms with Gasteiger partial charge in [0.25, 0.3) is 5.91 Å². The van der Waals surface area contributed by atoms with Crippen molar-refractivity contribution in [2.24, 2.45) is 0 Å².